The second-order valence-corrected chi connectivity index (χ2v) is 7.23. The molecule has 0 aliphatic rings. The van der Waals surface area contributed by atoms with Gasteiger partial charge >= 0.3 is 0 Å². The summed E-state index contributed by atoms with van der Waals surface area (Å²) in [6.45, 7) is 8.92. The Labute approximate surface area is 167 Å². The Hall–Kier alpha value is -2.83. The van der Waals surface area contributed by atoms with Crippen molar-refractivity contribution in [2.75, 3.05) is 20.6 Å². The van der Waals surface area contributed by atoms with Crippen molar-refractivity contribution < 1.29 is 4.79 Å². The van der Waals surface area contributed by atoms with E-state index in [4.69, 9.17) is 4.99 Å². The summed E-state index contributed by atoms with van der Waals surface area (Å²) in [5.74, 6) is 0.634. The Bertz CT molecular complexity index is 824. The summed E-state index contributed by atoms with van der Waals surface area (Å²) in [5, 5.41) is 11.1. The van der Waals surface area contributed by atoms with Crippen molar-refractivity contribution >= 4 is 11.9 Å². The highest BCUT2D eigenvalue weighted by Gasteiger charge is 2.11. The third-order valence-corrected chi connectivity index (χ3v) is 4.54. The molecule has 0 aliphatic heterocycles. The fraction of sp³-hybridized carbons (Fsp3) is 0.476. The van der Waals surface area contributed by atoms with E-state index in [9.17, 15) is 4.79 Å². The molecule has 2 aromatic rings. The highest BCUT2D eigenvalue weighted by Crippen LogP contribution is 2.17. The second kappa shape index (κ2) is 9.92. The first-order chi connectivity index (χ1) is 13.3. The van der Waals surface area contributed by atoms with Crippen molar-refractivity contribution in [3.63, 3.8) is 0 Å². The van der Waals surface area contributed by atoms with Gasteiger partial charge in [0.15, 0.2) is 5.96 Å². The number of nitrogens with zero attached hydrogens (tertiary/aromatic N) is 4. The minimum absolute atomic E-state index is 0.00157. The molecule has 2 N–H and O–H groups in total. The predicted molar refractivity (Wildman–Crippen MR) is 114 cm³/mol. The molecule has 1 aromatic heterocycles. The summed E-state index contributed by atoms with van der Waals surface area (Å²) in [6.07, 6.45) is 0.963. The fourth-order valence-electron chi connectivity index (χ4n) is 2.69. The number of likely N-dealkylation sites (N-methyl/N-ethyl adjacent to an activating group) is 1. The minimum atomic E-state index is 0.00157. The average Bonchev–Trinajstić information content (AvgIpc) is 3.01. The smallest absolute Gasteiger partial charge is 0.241 e. The van der Waals surface area contributed by atoms with Crippen LogP contribution in [0.5, 0.6) is 0 Å². The van der Waals surface area contributed by atoms with E-state index >= 15 is 0 Å². The monoisotopic (exact) mass is 384 g/mol. The molecule has 0 aliphatic carbocycles. The van der Waals surface area contributed by atoms with Gasteiger partial charge in [-0.25, -0.2) is 9.67 Å². The van der Waals surface area contributed by atoms with Crippen LogP contribution in [-0.2, 0) is 11.3 Å². The standard InChI is InChI=1S/C21H32N6O/c1-7-15(2)24-21(23-14-20(28)26(5)6)22-13-18-10-8-9-11-19(18)27-17(4)12-16(3)25-27/h8-12,15H,7,13-14H2,1-6H3,(H2,22,23,24). The van der Waals surface area contributed by atoms with Crippen molar-refractivity contribution in [2.24, 2.45) is 4.99 Å². The molecule has 1 unspecified atom stereocenters. The van der Waals surface area contributed by atoms with Crippen LogP contribution in [0.1, 0.15) is 37.2 Å². The van der Waals surface area contributed by atoms with Gasteiger partial charge in [-0.2, -0.15) is 5.10 Å². The molecule has 152 valence electrons. The van der Waals surface area contributed by atoms with Gasteiger partial charge in [-0.15, -0.1) is 0 Å². The van der Waals surface area contributed by atoms with Gasteiger partial charge in [-0.1, -0.05) is 25.1 Å². The molecule has 2 rings (SSSR count). The summed E-state index contributed by atoms with van der Waals surface area (Å²) in [5.41, 5.74) is 4.15. The number of guanidine groups is 1. The lowest BCUT2D eigenvalue weighted by Crippen LogP contribution is -2.45. The number of carbonyl (C=O) groups is 1. The number of hydrogen-bond acceptors (Lipinski definition) is 3. The van der Waals surface area contributed by atoms with Crippen molar-refractivity contribution in [1.82, 2.24) is 25.3 Å². The first-order valence-corrected chi connectivity index (χ1v) is 9.68. The van der Waals surface area contributed by atoms with Gasteiger partial charge in [-0.05, 0) is 44.9 Å². The van der Waals surface area contributed by atoms with Gasteiger partial charge in [0.25, 0.3) is 0 Å². The summed E-state index contributed by atoms with van der Waals surface area (Å²) in [6, 6.07) is 10.4. The average molecular weight is 385 g/mol. The molecule has 1 aromatic carbocycles. The molecule has 0 saturated heterocycles. The maximum Gasteiger partial charge on any atom is 0.241 e. The van der Waals surface area contributed by atoms with Crippen LogP contribution >= 0.6 is 0 Å². The van der Waals surface area contributed by atoms with Gasteiger partial charge in [0.05, 0.1) is 24.5 Å². The summed E-state index contributed by atoms with van der Waals surface area (Å²) in [7, 11) is 3.49. The number of aryl methyl sites for hydroxylation is 2. The van der Waals surface area contributed by atoms with Crippen LogP contribution < -0.4 is 10.6 Å². The molecule has 0 saturated carbocycles. The molecule has 28 heavy (non-hydrogen) atoms. The largest absolute Gasteiger partial charge is 0.354 e. The Balaban J connectivity index is 2.23. The molecule has 1 heterocycles. The number of aromatic nitrogens is 2. The molecule has 1 amide bonds. The number of benzene rings is 1. The number of nitrogens with one attached hydrogen (secondary N) is 2. The second-order valence-electron chi connectivity index (χ2n) is 7.23. The summed E-state index contributed by atoms with van der Waals surface area (Å²) < 4.78 is 1.95. The number of amides is 1. The van der Waals surface area contributed by atoms with Crippen LogP contribution in [0.2, 0.25) is 0 Å². The zero-order valence-corrected chi connectivity index (χ0v) is 17.8. The van der Waals surface area contributed by atoms with Gasteiger partial charge in [0.2, 0.25) is 5.91 Å². The highest BCUT2D eigenvalue weighted by atomic mass is 16.2. The Kier molecular flexibility index (Phi) is 7.61. The normalized spacial score (nSPS) is 12.6. The third-order valence-electron chi connectivity index (χ3n) is 4.54. The molecule has 7 nitrogen and oxygen atoms in total. The first-order valence-electron chi connectivity index (χ1n) is 9.68. The number of carbonyl (C=O) groups excluding carboxylic acids is 1. The SMILES string of the molecule is CCC(C)NC(=NCc1ccccc1-n1nc(C)cc1C)NCC(=O)N(C)C. The molecular formula is C21H32N6O. The molecule has 0 bridgehead atoms. The van der Waals surface area contributed by atoms with E-state index in [1.807, 2.05) is 30.7 Å². The van der Waals surface area contributed by atoms with Crippen molar-refractivity contribution in [3.8, 4) is 5.69 Å². The van der Waals surface area contributed by atoms with E-state index < -0.39 is 0 Å². The van der Waals surface area contributed by atoms with E-state index in [-0.39, 0.29) is 18.5 Å². The zero-order valence-electron chi connectivity index (χ0n) is 17.8. The minimum Gasteiger partial charge on any atom is -0.354 e. The number of rotatable bonds is 7. The molecule has 0 spiro atoms. The zero-order chi connectivity index (χ0) is 20.7. The van der Waals surface area contributed by atoms with Gasteiger partial charge in [0.1, 0.15) is 0 Å². The van der Waals surface area contributed by atoms with Gasteiger partial charge in [0, 0.05) is 25.8 Å². The van der Waals surface area contributed by atoms with E-state index in [0.717, 1.165) is 29.1 Å². The van der Waals surface area contributed by atoms with Crippen LogP contribution in [0.4, 0.5) is 0 Å². The Morgan fingerprint density at radius 2 is 2.00 bits per heavy atom. The lowest BCUT2D eigenvalue weighted by atomic mass is 10.2. The van der Waals surface area contributed by atoms with Crippen molar-refractivity contribution in [1.29, 1.82) is 0 Å². The van der Waals surface area contributed by atoms with Crippen LogP contribution in [0, 0.1) is 13.8 Å². The predicted octanol–water partition coefficient (Wildman–Crippen LogP) is 2.41. The van der Waals surface area contributed by atoms with Crippen molar-refractivity contribution in [2.45, 2.75) is 46.7 Å². The van der Waals surface area contributed by atoms with Crippen LogP contribution in [0.3, 0.4) is 0 Å². The van der Waals surface area contributed by atoms with Crippen LogP contribution in [0.25, 0.3) is 5.69 Å². The van der Waals surface area contributed by atoms with Gasteiger partial charge in [-0.3, -0.25) is 4.79 Å². The lowest BCUT2D eigenvalue weighted by molar-refractivity contribution is -0.127. The van der Waals surface area contributed by atoms with Gasteiger partial charge < -0.3 is 15.5 Å². The van der Waals surface area contributed by atoms with E-state index in [2.05, 4.69) is 47.8 Å². The molecule has 1 atom stereocenters. The first kappa shape index (κ1) is 21.5. The number of aliphatic imine (C=N–C) groups is 1. The van der Waals surface area contributed by atoms with Crippen LogP contribution in [-0.4, -0.2) is 53.2 Å². The third kappa shape index (κ3) is 5.84. The van der Waals surface area contributed by atoms with E-state index in [1.165, 1.54) is 0 Å². The number of hydrogen-bond donors (Lipinski definition) is 2. The maximum absolute atomic E-state index is 11.9. The Morgan fingerprint density at radius 1 is 1.29 bits per heavy atom. The van der Waals surface area contributed by atoms with Crippen LogP contribution in [0.15, 0.2) is 35.3 Å². The Morgan fingerprint density at radius 3 is 2.61 bits per heavy atom. The lowest BCUT2D eigenvalue weighted by Gasteiger charge is -2.18. The molecular weight excluding hydrogens is 352 g/mol. The molecule has 0 fully saturated rings. The quantitative estimate of drug-likeness (QED) is 0.568. The molecule has 7 heteroatoms. The fourth-order valence-corrected chi connectivity index (χ4v) is 2.69. The highest BCUT2D eigenvalue weighted by molar-refractivity contribution is 5.86. The molecule has 0 radical (unpaired) electrons. The summed E-state index contributed by atoms with van der Waals surface area (Å²) in [4.78, 5) is 18.2. The van der Waals surface area contributed by atoms with Crippen molar-refractivity contribution in [3.05, 3.63) is 47.3 Å². The topological polar surface area (TPSA) is 74.5 Å². The number of para-hydroxylation sites is 1. The van der Waals surface area contributed by atoms with E-state index in [0.29, 0.717) is 12.5 Å². The maximum atomic E-state index is 11.9. The van der Waals surface area contributed by atoms with E-state index in [1.54, 1.807) is 19.0 Å². The summed E-state index contributed by atoms with van der Waals surface area (Å²) >= 11 is 0.